The molecule has 0 aliphatic heterocycles. The Bertz CT molecular complexity index is 1080. The van der Waals surface area contributed by atoms with E-state index in [1.165, 1.54) is 33.4 Å². The maximum atomic E-state index is 10.9. The van der Waals surface area contributed by atoms with Crippen molar-refractivity contribution in [2.45, 2.75) is 51.1 Å². The lowest BCUT2D eigenvalue weighted by Crippen LogP contribution is -2.44. The molecular weight excluding hydrogens is 414 g/mol. The van der Waals surface area contributed by atoms with E-state index in [2.05, 4.69) is 72.1 Å². The van der Waals surface area contributed by atoms with Gasteiger partial charge in [0, 0.05) is 24.4 Å². The minimum atomic E-state index is 0.273. The monoisotopic (exact) mass is 445 g/mol. The molecule has 0 amide bonds. The van der Waals surface area contributed by atoms with Gasteiger partial charge in [0.2, 0.25) is 0 Å². The normalized spacial score (nSPS) is 21.9. The number of carbonyl (C=O) groups excluding carboxylic acids is 1. The van der Waals surface area contributed by atoms with Crippen LogP contribution in [-0.4, -0.2) is 30.9 Å². The highest BCUT2D eigenvalue weighted by atomic mass is 32.1. The third-order valence-corrected chi connectivity index (χ3v) is 8.04. The maximum Gasteiger partial charge on any atom is 0.123 e. The number of benzene rings is 2. The van der Waals surface area contributed by atoms with Gasteiger partial charge in [-0.25, -0.2) is 0 Å². The summed E-state index contributed by atoms with van der Waals surface area (Å²) in [5.74, 6) is 1.25. The largest absolute Gasteiger partial charge is 0.493 e. The Hall–Kier alpha value is -2.43. The summed E-state index contributed by atoms with van der Waals surface area (Å²) in [5, 5.41) is 4.33. The standard InChI is InChI=1S/C28H31NO2S/c1-19-13-20(3-6-26(19)23-10-12-32-18-23)9-11-31-25-5-7-27-22(16-25)4-8-28(27)29(2)24-14-21(15-24)17-30/h3,5-7,10,12-13,16-18,21,24,28H,4,8-9,11,14-15H2,1-2H3/t21-,24-,28?. The van der Waals surface area contributed by atoms with Crippen LogP contribution in [0, 0.1) is 12.8 Å². The highest BCUT2D eigenvalue weighted by molar-refractivity contribution is 7.08. The summed E-state index contributed by atoms with van der Waals surface area (Å²) in [7, 11) is 2.22. The Morgan fingerprint density at radius 1 is 1.16 bits per heavy atom. The number of rotatable bonds is 8. The quantitative estimate of drug-likeness (QED) is 0.384. The van der Waals surface area contributed by atoms with E-state index in [1.807, 2.05) is 0 Å². The summed E-state index contributed by atoms with van der Waals surface area (Å²) in [6, 6.07) is 16.6. The second kappa shape index (κ2) is 9.21. The van der Waals surface area contributed by atoms with Crippen LogP contribution in [0.1, 0.15) is 47.6 Å². The molecule has 166 valence electrons. The SMILES string of the molecule is Cc1cc(CCOc2ccc3c(c2)CCC3N(C)[C@H]2C[C@H](C=O)C2)ccc1-c1ccsc1. The summed E-state index contributed by atoms with van der Waals surface area (Å²) in [6.45, 7) is 2.88. The second-order valence-corrected chi connectivity index (χ2v) is 10.1. The van der Waals surface area contributed by atoms with Gasteiger partial charge < -0.3 is 9.53 Å². The number of aldehydes is 1. The van der Waals surface area contributed by atoms with Crippen molar-refractivity contribution in [3.05, 3.63) is 75.5 Å². The predicted octanol–water partition coefficient (Wildman–Crippen LogP) is 6.24. The highest BCUT2D eigenvalue weighted by Crippen LogP contribution is 2.41. The maximum absolute atomic E-state index is 10.9. The van der Waals surface area contributed by atoms with Gasteiger partial charge in [-0.2, -0.15) is 11.3 Å². The van der Waals surface area contributed by atoms with Crippen LogP contribution in [-0.2, 0) is 17.6 Å². The van der Waals surface area contributed by atoms with Crippen LogP contribution in [0.3, 0.4) is 0 Å². The van der Waals surface area contributed by atoms with Crippen molar-refractivity contribution in [1.29, 1.82) is 0 Å². The van der Waals surface area contributed by atoms with Gasteiger partial charge in [0.15, 0.2) is 0 Å². The summed E-state index contributed by atoms with van der Waals surface area (Å²) >= 11 is 1.74. The van der Waals surface area contributed by atoms with Crippen LogP contribution in [0.4, 0.5) is 0 Å². The first-order valence-corrected chi connectivity index (χ1v) is 12.6. The molecule has 1 aromatic heterocycles. The number of fused-ring (bicyclic) bond motifs is 1. The van der Waals surface area contributed by atoms with E-state index in [-0.39, 0.29) is 5.92 Å². The van der Waals surface area contributed by atoms with E-state index in [0.717, 1.165) is 44.1 Å². The fourth-order valence-corrected chi connectivity index (χ4v) is 5.98. The molecule has 3 aromatic rings. The average Bonchev–Trinajstić information content (AvgIpc) is 3.43. The fourth-order valence-electron chi connectivity index (χ4n) is 5.32. The highest BCUT2D eigenvalue weighted by Gasteiger charge is 2.37. The van der Waals surface area contributed by atoms with Crippen molar-refractivity contribution in [3.8, 4) is 16.9 Å². The first-order valence-electron chi connectivity index (χ1n) is 11.7. The van der Waals surface area contributed by atoms with Crippen LogP contribution in [0.15, 0.2) is 53.2 Å². The Balaban J connectivity index is 1.17. The molecule has 32 heavy (non-hydrogen) atoms. The molecule has 1 saturated carbocycles. The molecule has 0 N–H and O–H groups in total. The first-order chi connectivity index (χ1) is 15.6. The lowest BCUT2D eigenvalue weighted by Gasteiger charge is -2.42. The van der Waals surface area contributed by atoms with Crippen LogP contribution in [0.5, 0.6) is 5.75 Å². The van der Waals surface area contributed by atoms with Gasteiger partial charge in [0.25, 0.3) is 0 Å². The summed E-state index contributed by atoms with van der Waals surface area (Å²) < 4.78 is 6.13. The third kappa shape index (κ3) is 4.26. The molecule has 0 bridgehead atoms. The molecule has 1 fully saturated rings. The lowest BCUT2D eigenvalue weighted by atomic mass is 9.80. The Morgan fingerprint density at radius 3 is 2.78 bits per heavy atom. The van der Waals surface area contributed by atoms with Gasteiger partial charge in [-0.05, 0) is 102 Å². The molecule has 2 aliphatic carbocycles. The third-order valence-electron chi connectivity index (χ3n) is 7.35. The minimum Gasteiger partial charge on any atom is -0.493 e. The van der Waals surface area contributed by atoms with Gasteiger partial charge in [-0.1, -0.05) is 24.3 Å². The predicted molar refractivity (Wildman–Crippen MR) is 132 cm³/mol. The summed E-state index contributed by atoms with van der Waals surface area (Å²) in [6.07, 6.45) is 6.33. The number of thiophene rings is 1. The molecule has 2 aromatic carbocycles. The van der Waals surface area contributed by atoms with Crippen LogP contribution < -0.4 is 4.74 Å². The number of ether oxygens (including phenoxy) is 1. The van der Waals surface area contributed by atoms with E-state index in [1.54, 1.807) is 11.3 Å². The van der Waals surface area contributed by atoms with Crippen molar-refractivity contribution < 1.29 is 9.53 Å². The molecule has 3 nitrogen and oxygen atoms in total. The Kier molecular flexibility index (Phi) is 6.16. The van der Waals surface area contributed by atoms with E-state index in [0.29, 0.717) is 18.7 Å². The minimum absolute atomic E-state index is 0.273. The molecule has 0 saturated heterocycles. The van der Waals surface area contributed by atoms with Crippen molar-refractivity contribution in [2.75, 3.05) is 13.7 Å². The van der Waals surface area contributed by atoms with E-state index in [9.17, 15) is 4.79 Å². The average molecular weight is 446 g/mol. The van der Waals surface area contributed by atoms with E-state index >= 15 is 0 Å². The molecule has 0 radical (unpaired) electrons. The van der Waals surface area contributed by atoms with Gasteiger partial charge >= 0.3 is 0 Å². The smallest absolute Gasteiger partial charge is 0.123 e. The second-order valence-electron chi connectivity index (χ2n) is 9.36. The van der Waals surface area contributed by atoms with Gasteiger partial charge in [-0.3, -0.25) is 4.90 Å². The fraction of sp³-hybridized carbons (Fsp3) is 0.393. The number of nitrogens with zero attached hydrogens (tertiary/aromatic N) is 1. The Labute approximate surface area is 195 Å². The first kappa shape index (κ1) is 21.4. The van der Waals surface area contributed by atoms with Gasteiger partial charge in [0.05, 0.1) is 6.61 Å². The van der Waals surface area contributed by atoms with Crippen LogP contribution in [0.25, 0.3) is 11.1 Å². The van der Waals surface area contributed by atoms with Crippen molar-refractivity contribution in [3.63, 3.8) is 0 Å². The topological polar surface area (TPSA) is 29.5 Å². The molecule has 1 atom stereocenters. The van der Waals surface area contributed by atoms with Crippen LogP contribution >= 0.6 is 11.3 Å². The zero-order valence-corrected chi connectivity index (χ0v) is 19.7. The molecule has 1 unspecified atom stereocenters. The zero-order valence-electron chi connectivity index (χ0n) is 18.9. The molecule has 0 spiro atoms. The van der Waals surface area contributed by atoms with E-state index in [4.69, 9.17) is 4.74 Å². The van der Waals surface area contributed by atoms with Gasteiger partial charge in [0.1, 0.15) is 12.0 Å². The Morgan fingerprint density at radius 2 is 2.03 bits per heavy atom. The lowest BCUT2D eigenvalue weighted by molar-refractivity contribution is -0.115. The molecular formula is C28H31NO2S. The number of aryl methyl sites for hydroxylation is 2. The zero-order chi connectivity index (χ0) is 22.1. The summed E-state index contributed by atoms with van der Waals surface area (Å²) in [4.78, 5) is 13.4. The van der Waals surface area contributed by atoms with Gasteiger partial charge in [-0.15, -0.1) is 0 Å². The van der Waals surface area contributed by atoms with E-state index < -0.39 is 0 Å². The number of carbonyl (C=O) groups is 1. The molecule has 2 aliphatic rings. The molecule has 5 rings (SSSR count). The number of hydrogen-bond donors (Lipinski definition) is 0. The number of hydrogen-bond acceptors (Lipinski definition) is 4. The van der Waals surface area contributed by atoms with Crippen LogP contribution in [0.2, 0.25) is 0 Å². The summed E-state index contributed by atoms with van der Waals surface area (Å²) in [5.41, 5.74) is 8.12. The van der Waals surface area contributed by atoms with Crippen molar-refractivity contribution in [2.24, 2.45) is 5.92 Å². The van der Waals surface area contributed by atoms with Crippen molar-refractivity contribution in [1.82, 2.24) is 4.90 Å². The molecule has 4 heteroatoms. The van der Waals surface area contributed by atoms with Crippen molar-refractivity contribution >= 4 is 17.6 Å². The molecule has 1 heterocycles.